The van der Waals surface area contributed by atoms with Crippen LogP contribution >= 0.6 is 0 Å². The number of aromatic nitrogens is 1. The maximum atomic E-state index is 8.86. The molecular weight excluding hydrogens is 174 g/mol. The molecule has 0 aromatic carbocycles. The summed E-state index contributed by atoms with van der Waals surface area (Å²) in [7, 11) is 0. The second-order valence-electron chi connectivity index (χ2n) is 3.87. The summed E-state index contributed by atoms with van der Waals surface area (Å²) < 4.78 is 0. The molecule has 74 valence electrons. The van der Waals surface area contributed by atoms with E-state index in [4.69, 9.17) is 5.26 Å². The molecule has 1 rings (SSSR count). The first-order valence-electron chi connectivity index (χ1n) is 4.72. The normalized spacial score (nSPS) is 10.7. The highest BCUT2D eigenvalue weighted by Crippen LogP contribution is 2.18. The Morgan fingerprint density at radius 2 is 2.29 bits per heavy atom. The van der Waals surface area contributed by atoms with Gasteiger partial charge in [0.2, 0.25) is 0 Å². The molecule has 3 heteroatoms. The number of nitrogens with one attached hydrogen (secondary N) is 1. The monoisotopic (exact) mass is 189 g/mol. The Bertz CT molecular complexity index is 350. The van der Waals surface area contributed by atoms with Crippen molar-refractivity contribution in [1.82, 2.24) is 4.98 Å². The second kappa shape index (κ2) is 4.10. The van der Waals surface area contributed by atoms with E-state index in [1.165, 1.54) is 0 Å². The average Bonchev–Trinajstić information content (AvgIpc) is 2.18. The molecule has 0 saturated carbocycles. The largest absolute Gasteiger partial charge is 0.364 e. The van der Waals surface area contributed by atoms with Gasteiger partial charge in [-0.05, 0) is 32.4 Å². The first-order chi connectivity index (χ1) is 6.59. The van der Waals surface area contributed by atoms with Crippen molar-refractivity contribution in [1.29, 1.82) is 5.26 Å². The Labute approximate surface area is 84.8 Å². The third kappa shape index (κ3) is 2.46. The lowest BCUT2D eigenvalue weighted by Crippen LogP contribution is -2.30. The molecule has 1 heterocycles. The van der Waals surface area contributed by atoms with Gasteiger partial charge < -0.3 is 5.32 Å². The third-order valence-corrected chi connectivity index (χ3v) is 2.27. The van der Waals surface area contributed by atoms with Crippen LogP contribution in [0.15, 0.2) is 18.3 Å². The molecule has 0 saturated heterocycles. The first-order valence-corrected chi connectivity index (χ1v) is 4.72. The van der Waals surface area contributed by atoms with E-state index in [0.29, 0.717) is 11.4 Å². The minimum absolute atomic E-state index is 0.0278. The fraction of sp³-hybridized carbons (Fsp3) is 0.455. The summed E-state index contributed by atoms with van der Waals surface area (Å²) in [5, 5.41) is 12.1. The molecule has 1 aromatic rings. The number of hydrogen-bond acceptors (Lipinski definition) is 3. The van der Waals surface area contributed by atoms with Crippen LogP contribution in [-0.4, -0.2) is 10.5 Å². The molecule has 0 spiro atoms. The number of rotatable bonds is 3. The molecule has 0 aliphatic rings. The topological polar surface area (TPSA) is 48.7 Å². The Morgan fingerprint density at radius 1 is 1.57 bits per heavy atom. The van der Waals surface area contributed by atoms with Gasteiger partial charge in [-0.25, -0.2) is 4.98 Å². The van der Waals surface area contributed by atoms with Crippen LogP contribution in [0.5, 0.6) is 0 Å². The van der Waals surface area contributed by atoms with E-state index < -0.39 is 0 Å². The van der Waals surface area contributed by atoms with Gasteiger partial charge >= 0.3 is 0 Å². The number of pyridine rings is 1. The molecule has 3 nitrogen and oxygen atoms in total. The third-order valence-electron chi connectivity index (χ3n) is 2.27. The van der Waals surface area contributed by atoms with E-state index in [2.05, 4.69) is 37.1 Å². The summed E-state index contributed by atoms with van der Waals surface area (Å²) in [4.78, 5) is 4.15. The molecular formula is C11H15N3. The van der Waals surface area contributed by atoms with E-state index >= 15 is 0 Å². The predicted molar refractivity (Wildman–Crippen MR) is 56.9 cm³/mol. The summed E-state index contributed by atoms with van der Waals surface area (Å²) in [5.41, 5.74) is 0.564. The minimum atomic E-state index is -0.0278. The summed E-state index contributed by atoms with van der Waals surface area (Å²) in [6, 6.07) is 5.65. The molecule has 0 fully saturated rings. The highest BCUT2D eigenvalue weighted by atomic mass is 15.0. The molecule has 0 aliphatic heterocycles. The van der Waals surface area contributed by atoms with Crippen LogP contribution in [0.1, 0.15) is 32.8 Å². The van der Waals surface area contributed by atoms with Crippen molar-refractivity contribution in [2.45, 2.75) is 32.7 Å². The molecule has 0 amide bonds. The maximum absolute atomic E-state index is 8.86. The molecule has 0 radical (unpaired) electrons. The summed E-state index contributed by atoms with van der Waals surface area (Å²) in [5.74, 6) is 0.668. The van der Waals surface area contributed by atoms with Crippen molar-refractivity contribution in [3.8, 4) is 6.07 Å². The zero-order chi connectivity index (χ0) is 10.6. The van der Waals surface area contributed by atoms with Crippen molar-refractivity contribution in [2.24, 2.45) is 0 Å². The molecule has 0 aliphatic carbocycles. The Kier molecular flexibility index (Phi) is 3.08. The standard InChI is InChI=1S/C11H15N3/c1-4-11(2,3)14-10-9(8-12)6-5-7-13-10/h5-7H,4H2,1-3H3,(H,13,14). The van der Waals surface area contributed by atoms with Crippen molar-refractivity contribution < 1.29 is 0 Å². The van der Waals surface area contributed by atoms with Gasteiger partial charge in [0.1, 0.15) is 11.9 Å². The van der Waals surface area contributed by atoms with Crippen LogP contribution in [0.3, 0.4) is 0 Å². The van der Waals surface area contributed by atoms with Gasteiger partial charge in [0, 0.05) is 11.7 Å². The van der Waals surface area contributed by atoms with Gasteiger partial charge in [-0.3, -0.25) is 0 Å². The van der Waals surface area contributed by atoms with Crippen molar-refractivity contribution in [3.05, 3.63) is 23.9 Å². The second-order valence-corrected chi connectivity index (χ2v) is 3.87. The van der Waals surface area contributed by atoms with Crippen LogP contribution < -0.4 is 5.32 Å². The van der Waals surface area contributed by atoms with Crippen LogP contribution in [0, 0.1) is 11.3 Å². The predicted octanol–water partition coefficient (Wildman–Crippen LogP) is 2.55. The Hall–Kier alpha value is -1.56. The van der Waals surface area contributed by atoms with Crippen molar-refractivity contribution in [2.75, 3.05) is 5.32 Å². The van der Waals surface area contributed by atoms with E-state index in [-0.39, 0.29) is 5.54 Å². The van der Waals surface area contributed by atoms with Gasteiger partial charge in [-0.15, -0.1) is 0 Å². The van der Waals surface area contributed by atoms with Gasteiger partial charge in [-0.2, -0.15) is 5.26 Å². The first kappa shape index (κ1) is 10.5. The van der Waals surface area contributed by atoms with Gasteiger partial charge in [0.05, 0.1) is 5.56 Å². The van der Waals surface area contributed by atoms with Crippen LogP contribution in [0.4, 0.5) is 5.82 Å². The van der Waals surface area contributed by atoms with Crippen LogP contribution in [0.2, 0.25) is 0 Å². The lowest BCUT2D eigenvalue weighted by Gasteiger charge is -2.25. The lowest BCUT2D eigenvalue weighted by molar-refractivity contribution is 0.545. The lowest BCUT2D eigenvalue weighted by atomic mass is 10.0. The summed E-state index contributed by atoms with van der Waals surface area (Å²) >= 11 is 0. The van der Waals surface area contributed by atoms with Gasteiger partial charge in [-0.1, -0.05) is 6.92 Å². The van der Waals surface area contributed by atoms with E-state index in [1.807, 2.05) is 0 Å². The molecule has 0 unspecified atom stereocenters. The molecule has 0 atom stereocenters. The number of nitriles is 1. The minimum Gasteiger partial charge on any atom is -0.364 e. The molecule has 1 N–H and O–H groups in total. The summed E-state index contributed by atoms with van der Waals surface area (Å²) in [6.07, 6.45) is 2.67. The number of nitrogens with zero attached hydrogens (tertiary/aromatic N) is 2. The quantitative estimate of drug-likeness (QED) is 0.794. The van der Waals surface area contributed by atoms with Crippen molar-refractivity contribution >= 4 is 5.82 Å². The summed E-state index contributed by atoms with van der Waals surface area (Å²) in [6.45, 7) is 6.27. The van der Waals surface area contributed by atoms with E-state index in [9.17, 15) is 0 Å². The Balaban J connectivity index is 2.92. The molecule has 1 aromatic heterocycles. The van der Waals surface area contributed by atoms with Crippen LogP contribution in [-0.2, 0) is 0 Å². The van der Waals surface area contributed by atoms with Gasteiger partial charge in [0.25, 0.3) is 0 Å². The number of hydrogen-bond donors (Lipinski definition) is 1. The Morgan fingerprint density at radius 3 is 2.86 bits per heavy atom. The fourth-order valence-electron chi connectivity index (χ4n) is 1.00. The zero-order valence-corrected chi connectivity index (χ0v) is 8.83. The zero-order valence-electron chi connectivity index (χ0n) is 8.83. The maximum Gasteiger partial charge on any atom is 0.144 e. The highest BCUT2D eigenvalue weighted by Gasteiger charge is 2.16. The smallest absolute Gasteiger partial charge is 0.144 e. The van der Waals surface area contributed by atoms with E-state index in [0.717, 1.165) is 6.42 Å². The van der Waals surface area contributed by atoms with Crippen molar-refractivity contribution in [3.63, 3.8) is 0 Å². The average molecular weight is 189 g/mol. The van der Waals surface area contributed by atoms with E-state index in [1.54, 1.807) is 18.3 Å². The number of anilines is 1. The molecule has 0 bridgehead atoms. The van der Waals surface area contributed by atoms with Gasteiger partial charge in [0.15, 0.2) is 0 Å². The fourth-order valence-corrected chi connectivity index (χ4v) is 1.00. The molecule has 14 heavy (non-hydrogen) atoms. The van der Waals surface area contributed by atoms with Crippen LogP contribution in [0.25, 0.3) is 0 Å². The highest BCUT2D eigenvalue weighted by molar-refractivity contribution is 5.52. The SMILES string of the molecule is CCC(C)(C)Nc1ncccc1C#N.